The van der Waals surface area contributed by atoms with Crippen LogP contribution in [0.3, 0.4) is 0 Å². The zero-order valence-corrected chi connectivity index (χ0v) is 9.50. The molecule has 0 unspecified atom stereocenters. The first-order valence-corrected chi connectivity index (χ1v) is 5.28. The van der Waals surface area contributed by atoms with Crippen LogP contribution in [0.15, 0.2) is 41.4 Å². The minimum atomic E-state index is -0.456. The van der Waals surface area contributed by atoms with Gasteiger partial charge in [0.2, 0.25) is 0 Å². The molecule has 0 bridgehead atoms. The molecule has 0 radical (unpaired) electrons. The third-order valence-corrected chi connectivity index (χ3v) is 2.41. The highest BCUT2D eigenvalue weighted by atomic mass is 79.9. The lowest BCUT2D eigenvalue weighted by atomic mass is 10.1. The quantitative estimate of drug-likeness (QED) is 0.625. The van der Waals surface area contributed by atoms with E-state index in [4.69, 9.17) is 0 Å². The molecule has 76 valence electrons. The average molecular weight is 256 g/mol. The summed E-state index contributed by atoms with van der Waals surface area (Å²) in [5.74, 6) is 0. The summed E-state index contributed by atoms with van der Waals surface area (Å²) in [5, 5.41) is 12.8. The van der Waals surface area contributed by atoms with Crippen LogP contribution in [0.25, 0.3) is 0 Å². The van der Waals surface area contributed by atoms with Crippen LogP contribution in [0.4, 0.5) is 0 Å². The third-order valence-electron chi connectivity index (χ3n) is 1.88. The summed E-state index contributed by atoms with van der Waals surface area (Å²) >= 11 is 3.35. The third kappa shape index (κ3) is 3.62. The van der Waals surface area contributed by atoms with Gasteiger partial charge in [-0.2, -0.15) is 0 Å². The molecule has 14 heavy (non-hydrogen) atoms. The Hall–Kier alpha value is -0.640. The summed E-state index contributed by atoms with van der Waals surface area (Å²) in [6.07, 6.45) is 1.32. The van der Waals surface area contributed by atoms with E-state index in [-0.39, 0.29) is 0 Å². The molecule has 1 aromatic rings. The lowest BCUT2D eigenvalue weighted by Gasteiger charge is -2.11. The van der Waals surface area contributed by atoms with Gasteiger partial charge in [0.15, 0.2) is 0 Å². The van der Waals surface area contributed by atoms with Gasteiger partial charge in [-0.25, -0.2) is 0 Å². The van der Waals surface area contributed by atoms with Crippen LogP contribution in [-0.2, 0) is 0 Å². The molecule has 0 amide bonds. The van der Waals surface area contributed by atoms with Gasteiger partial charge in [0.05, 0.1) is 6.10 Å². The zero-order valence-electron chi connectivity index (χ0n) is 7.91. The SMILES string of the molecule is C=CCNC[C@H](O)c1ccc(Br)cc1. The minimum absolute atomic E-state index is 0.456. The van der Waals surface area contributed by atoms with E-state index in [0.717, 1.165) is 10.0 Å². The predicted octanol–water partition coefficient (Wildman–Crippen LogP) is 2.26. The molecule has 0 aliphatic rings. The van der Waals surface area contributed by atoms with Crippen molar-refractivity contribution in [1.82, 2.24) is 5.32 Å². The molecule has 3 heteroatoms. The van der Waals surface area contributed by atoms with Crippen molar-refractivity contribution in [3.63, 3.8) is 0 Å². The smallest absolute Gasteiger partial charge is 0.0914 e. The standard InChI is InChI=1S/C11H14BrNO/c1-2-7-13-8-11(14)9-3-5-10(12)6-4-9/h2-6,11,13-14H,1,7-8H2/t11-/m0/s1. The topological polar surface area (TPSA) is 32.3 Å². The van der Waals surface area contributed by atoms with Crippen LogP contribution >= 0.6 is 15.9 Å². The Morgan fingerprint density at radius 2 is 2.07 bits per heavy atom. The molecule has 1 aromatic carbocycles. The molecule has 0 saturated carbocycles. The van der Waals surface area contributed by atoms with Gasteiger partial charge >= 0.3 is 0 Å². The first-order chi connectivity index (χ1) is 6.74. The monoisotopic (exact) mass is 255 g/mol. The summed E-state index contributed by atoms with van der Waals surface area (Å²) in [4.78, 5) is 0. The van der Waals surface area contributed by atoms with Gasteiger partial charge in [0.1, 0.15) is 0 Å². The second-order valence-electron chi connectivity index (χ2n) is 3.01. The lowest BCUT2D eigenvalue weighted by molar-refractivity contribution is 0.176. The maximum absolute atomic E-state index is 9.73. The predicted molar refractivity (Wildman–Crippen MR) is 62.2 cm³/mol. The van der Waals surface area contributed by atoms with Crippen molar-refractivity contribution in [1.29, 1.82) is 0 Å². The van der Waals surface area contributed by atoms with E-state index in [9.17, 15) is 5.11 Å². The fourth-order valence-electron chi connectivity index (χ4n) is 1.12. The van der Waals surface area contributed by atoms with Crippen molar-refractivity contribution in [2.45, 2.75) is 6.10 Å². The van der Waals surface area contributed by atoms with E-state index in [0.29, 0.717) is 13.1 Å². The molecule has 2 N–H and O–H groups in total. The number of rotatable bonds is 5. The van der Waals surface area contributed by atoms with Crippen LogP contribution in [0.5, 0.6) is 0 Å². The van der Waals surface area contributed by atoms with Crippen molar-refractivity contribution in [2.75, 3.05) is 13.1 Å². The van der Waals surface area contributed by atoms with Crippen LogP contribution in [0, 0.1) is 0 Å². The molecule has 0 saturated heterocycles. The summed E-state index contributed by atoms with van der Waals surface area (Å²) in [6, 6.07) is 7.66. The van der Waals surface area contributed by atoms with Crippen LogP contribution in [0.1, 0.15) is 11.7 Å². The Morgan fingerprint density at radius 3 is 2.64 bits per heavy atom. The molecule has 0 heterocycles. The number of halogens is 1. The average Bonchev–Trinajstić information content (AvgIpc) is 2.19. The summed E-state index contributed by atoms with van der Waals surface area (Å²) < 4.78 is 1.02. The van der Waals surface area contributed by atoms with E-state index >= 15 is 0 Å². The van der Waals surface area contributed by atoms with Gasteiger partial charge < -0.3 is 10.4 Å². The maximum Gasteiger partial charge on any atom is 0.0914 e. The van der Waals surface area contributed by atoms with Gasteiger partial charge in [-0.05, 0) is 17.7 Å². The van der Waals surface area contributed by atoms with Crippen LogP contribution in [0.2, 0.25) is 0 Å². The fourth-order valence-corrected chi connectivity index (χ4v) is 1.39. The van der Waals surface area contributed by atoms with Gasteiger partial charge in [-0.3, -0.25) is 0 Å². The maximum atomic E-state index is 9.73. The Labute approximate surface area is 92.8 Å². The molecule has 0 aromatic heterocycles. The van der Waals surface area contributed by atoms with E-state index in [2.05, 4.69) is 27.8 Å². The second kappa shape index (κ2) is 5.96. The Kier molecular flexibility index (Phi) is 4.87. The van der Waals surface area contributed by atoms with Crippen molar-refractivity contribution in [3.05, 3.63) is 47.0 Å². The van der Waals surface area contributed by atoms with Crippen molar-refractivity contribution in [3.8, 4) is 0 Å². The van der Waals surface area contributed by atoms with E-state index in [1.807, 2.05) is 24.3 Å². The summed E-state index contributed by atoms with van der Waals surface area (Å²) in [6.45, 7) is 4.86. The fraction of sp³-hybridized carbons (Fsp3) is 0.273. The Bertz CT molecular complexity index is 284. The molecule has 0 aliphatic carbocycles. The van der Waals surface area contributed by atoms with Crippen molar-refractivity contribution >= 4 is 15.9 Å². The second-order valence-corrected chi connectivity index (χ2v) is 3.93. The number of hydrogen-bond donors (Lipinski definition) is 2. The summed E-state index contributed by atoms with van der Waals surface area (Å²) in [7, 11) is 0. The number of aliphatic hydroxyl groups excluding tert-OH is 1. The molecule has 0 aliphatic heterocycles. The van der Waals surface area contributed by atoms with Gasteiger partial charge in [0, 0.05) is 17.6 Å². The van der Waals surface area contributed by atoms with Gasteiger partial charge in [0.25, 0.3) is 0 Å². The number of benzene rings is 1. The van der Waals surface area contributed by atoms with Crippen LogP contribution < -0.4 is 5.32 Å². The van der Waals surface area contributed by atoms with Crippen molar-refractivity contribution in [2.24, 2.45) is 0 Å². The van der Waals surface area contributed by atoms with Crippen molar-refractivity contribution < 1.29 is 5.11 Å². The normalized spacial score (nSPS) is 12.4. The molecule has 1 atom stereocenters. The van der Waals surface area contributed by atoms with Gasteiger partial charge in [-0.15, -0.1) is 6.58 Å². The molecular weight excluding hydrogens is 242 g/mol. The lowest BCUT2D eigenvalue weighted by Crippen LogP contribution is -2.21. The molecular formula is C11H14BrNO. The van der Waals surface area contributed by atoms with E-state index in [1.54, 1.807) is 6.08 Å². The first kappa shape index (κ1) is 11.4. The Balaban J connectivity index is 2.47. The highest BCUT2D eigenvalue weighted by Gasteiger charge is 2.05. The highest BCUT2D eigenvalue weighted by Crippen LogP contribution is 2.15. The zero-order chi connectivity index (χ0) is 10.4. The van der Waals surface area contributed by atoms with Crippen LogP contribution in [-0.4, -0.2) is 18.2 Å². The number of aliphatic hydroxyl groups is 1. The summed E-state index contributed by atoms with van der Waals surface area (Å²) in [5.41, 5.74) is 0.921. The number of hydrogen-bond acceptors (Lipinski definition) is 2. The largest absolute Gasteiger partial charge is 0.387 e. The molecule has 1 rings (SSSR count). The van der Waals surface area contributed by atoms with Gasteiger partial charge in [-0.1, -0.05) is 34.1 Å². The van der Waals surface area contributed by atoms with E-state index < -0.39 is 6.10 Å². The highest BCUT2D eigenvalue weighted by molar-refractivity contribution is 9.10. The molecule has 0 spiro atoms. The first-order valence-electron chi connectivity index (χ1n) is 4.49. The number of nitrogens with one attached hydrogen (secondary N) is 1. The molecule has 0 fully saturated rings. The molecule has 2 nitrogen and oxygen atoms in total. The Morgan fingerprint density at radius 1 is 1.43 bits per heavy atom. The van der Waals surface area contributed by atoms with E-state index in [1.165, 1.54) is 0 Å². The minimum Gasteiger partial charge on any atom is -0.387 e.